The molecule has 8 nitrogen and oxygen atoms in total. The number of nitrogens with two attached hydrogens (primary N) is 1. The molecule has 1 fully saturated rings. The number of hydrogen-bond acceptors (Lipinski definition) is 5. The Morgan fingerprint density at radius 2 is 1.72 bits per heavy atom. The lowest BCUT2D eigenvalue weighted by Gasteiger charge is -2.34. The van der Waals surface area contributed by atoms with Gasteiger partial charge in [0.1, 0.15) is 5.76 Å². The van der Waals surface area contributed by atoms with Gasteiger partial charge in [-0.15, -0.1) is 0 Å². The van der Waals surface area contributed by atoms with Crippen LogP contribution in [0.4, 0.5) is 0 Å². The summed E-state index contributed by atoms with van der Waals surface area (Å²) in [4.78, 5) is 41.5. The van der Waals surface area contributed by atoms with Crippen LogP contribution in [0, 0.1) is 6.92 Å². The molecule has 0 bridgehead atoms. The van der Waals surface area contributed by atoms with Crippen molar-refractivity contribution >= 4 is 17.6 Å². The highest BCUT2D eigenvalue weighted by Crippen LogP contribution is 2.19. The third kappa shape index (κ3) is 4.50. The van der Waals surface area contributed by atoms with E-state index in [0.29, 0.717) is 61.0 Å². The molecule has 1 aliphatic rings. The lowest BCUT2D eigenvalue weighted by Crippen LogP contribution is -2.50. The number of rotatable bonds is 7. The Morgan fingerprint density at radius 1 is 1.00 bits per heavy atom. The highest BCUT2D eigenvalue weighted by Gasteiger charge is 2.26. The van der Waals surface area contributed by atoms with E-state index < -0.39 is 5.91 Å². The zero-order valence-corrected chi connectivity index (χ0v) is 18.0. The van der Waals surface area contributed by atoms with E-state index in [9.17, 15) is 14.4 Å². The molecule has 166 valence electrons. The first-order valence-corrected chi connectivity index (χ1v) is 10.6. The van der Waals surface area contributed by atoms with Crippen LogP contribution in [-0.4, -0.2) is 64.7 Å². The summed E-state index contributed by atoms with van der Waals surface area (Å²) in [7, 11) is 0. The predicted molar refractivity (Wildman–Crippen MR) is 119 cm³/mol. The molecule has 32 heavy (non-hydrogen) atoms. The standard InChI is InChI=1S/C24H26N4O4/c1-17-20(23(25)30)14-21(28(17)15-19-8-5-13-32-19)22(29)16-26-9-11-27(12-10-26)24(31)18-6-3-2-4-7-18/h2-8,13-14H,9-12,15-16H2,1H3,(H2,25,30). The van der Waals surface area contributed by atoms with Crippen molar-refractivity contribution in [3.05, 3.63) is 83.1 Å². The minimum atomic E-state index is -0.567. The van der Waals surface area contributed by atoms with Crippen molar-refractivity contribution in [1.29, 1.82) is 0 Å². The summed E-state index contributed by atoms with van der Waals surface area (Å²) in [5.41, 5.74) is 7.57. The summed E-state index contributed by atoms with van der Waals surface area (Å²) in [6, 6.07) is 14.4. The molecule has 3 aromatic rings. The van der Waals surface area contributed by atoms with Gasteiger partial charge in [-0.2, -0.15) is 0 Å². The Balaban J connectivity index is 1.44. The van der Waals surface area contributed by atoms with Crippen LogP contribution in [0.25, 0.3) is 0 Å². The summed E-state index contributed by atoms with van der Waals surface area (Å²) in [6.45, 7) is 4.63. The molecule has 0 spiro atoms. The Kier molecular flexibility index (Phi) is 6.23. The summed E-state index contributed by atoms with van der Waals surface area (Å²) in [5, 5.41) is 0. The van der Waals surface area contributed by atoms with Crippen LogP contribution in [0.2, 0.25) is 0 Å². The van der Waals surface area contributed by atoms with E-state index in [2.05, 4.69) is 0 Å². The fourth-order valence-electron chi connectivity index (χ4n) is 4.04. The summed E-state index contributed by atoms with van der Waals surface area (Å²) in [6.07, 6.45) is 1.57. The van der Waals surface area contributed by atoms with E-state index in [0.717, 1.165) is 0 Å². The number of amides is 2. The van der Waals surface area contributed by atoms with Crippen molar-refractivity contribution in [2.75, 3.05) is 32.7 Å². The minimum absolute atomic E-state index is 0.00521. The van der Waals surface area contributed by atoms with Gasteiger partial charge in [-0.1, -0.05) is 18.2 Å². The second-order valence-corrected chi connectivity index (χ2v) is 7.92. The van der Waals surface area contributed by atoms with Gasteiger partial charge in [0.25, 0.3) is 11.8 Å². The van der Waals surface area contributed by atoms with E-state index in [1.165, 1.54) is 0 Å². The first kappa shape index (κ1) is 21.6. The number of hydrogen-bond donors (Lipinski definition) is 1. The Bertz CT molecular complexity index is 1110. The van der Waals surface area contributed by atoms with Crippen LogP contribution in [0.3, 0.4) is 0 Å². The van der Waals surface area contributed by atoms with Gasteiger partial charge in [-0.25, -0.2) is 0 Å². The second kappa shape index (κ2) is 9.23. The van der Waals surface area contributed by atoms with Crippen molar-refractivity contribution in [2.45, 2.75) is 13.5 Å². The maximum atomic E-state index is 13.2. The normalized spacial score (nSPS) is 14.5. The molecule has 0 aliphatic carbocycles. The third-order valence-corrected chi connectivity index (χ3v) is 5.86. The molecule has 8 heteroatoms. The van der Waals surface area contributed by atoms with Crippen LogP contribution < -0.4 is 5.73 Å². The van der Waals surface area contributed by atoms with Crippen molar-refractivity contribution in [2.24, 2.45) is 5.73 Å². The summed E-state index contributed by atoms with van der Waals surface area (Å²) in [5.74, 6) is 0.0187. The second-order valence-electron chi connectivity index (χ2n) is 7.92. The molecule has 2 N–H and O–H groups in total. The van der Waals surface area contributed by atoms with Crippen molar-refractivity contribution in [3.63, 3.8) is 0 Å². The van der Waals surface area contributed by atoms with Gasteiger partial charge >= 0.3 is 0 Å². The average Bonchev–Trinajstić information content (AvgIpc) is 3.43. The van der Waals surface area contributed by atoms with E-state index in [1.807, 2.05) is 46.2 Å². The first-order chi connectivity index (χ1) is 15.4. The lowest BCUT2D eigenvalue weighted by atomic mass is 10.1. The fraction of sp³-hybridized carbons (Fsp3) is 0.292. The topological polar surface area (TPSA) is 102 Å². The molecule has 0 unspecified atom stereocenters. The van der Waals surface area contributed by atoms with E-state index in [-0.39, 0.29) is 18.2 Å². The van der Waals surface area contributed by atoms with Gasteiger partial charge < -0.3 is 19.6 Å². The monoisotopic (exact) mass is 434 g/mol. The van der Waals surface area contributed by atoms with Gasteiger partial charge in [0.15, 0.2) is 5.78 Å². The Hall–Kier alpha value is -3.65. The summed E-state index contributed by atoms with van der Waals surface area (Å²) < 4.78 is 7.20. The molecule has 1 saturated heterocycles. The van der Waals surface area contributed by atoms with Gasteiger partial charge in [0, 0.05) is 37.4 Å². The lowest BCUT2D eigenvalue weighted by molar-refractivity contribution is 0.0623. The Labute approximate surface area is 186 Å². The number of ketones is 1. The number of benzene rings is 1. The molecule has 0 saturated carbocycles. The van der Waals surface area contributed by atoms with E-state index in [1.54, 1.807) is 29.9 Å². The van der Waals surface area contributed by atoms with Gasteiger partial charge in [0.2, 0.25) is 0 Å². The zero-order chi connectivity index (χ0) is 22.7. The Morgan fingerprint density at radius 3 is 2.34 bits per heavy atom. The molecule has 0 atom stereocenters. The van der Waals surface area contributed by atoms with Gasteiger partial charge in [0.05, 0.1) is 30.6 Å². The largest absolute Gasteiger partial charge is 0.467 e. The van der Waals surface area contributed by atoms with Gasteiger partial charge in [-0.05, 0) is 37.3 Å². The molecule has 3 heterocycles. The summed E-state index contributed by atoms with van der Waals surface area (Å²) >= 11 is 0. The third-order valence-electron chi connectivity index (χ3n) is 5.86. The number of piperazine rings is 1. The molecule has 2 aromatic heterocycles. The number of carbonyl (C=O) groups excluding carboxylic acids is 3. The highest BCUT2D eigenvalue weighted by atomic mass is 16.3. The van der Waals surface area contributed by atoms with E-state index in [4.69, 9.17) is 10.2 Å². The van der Waals surface area contributed by atoms with Crippen molar-refractivity contribution in [3.8, 4) is 0 Å². The number of carbonyl (C=O) groups is 3. The number of primary amides is 1. The SMILES string of the molecule is Cc1c(C(N)=O)cc(C(=O)CN2CCN(C(=O)c3ccccc3)CC2)n1Cc1ccco1. The zero-order valence-electron chi connectivity index (χ0n) is 18.0. The molecule has 1 aliphatic heterocycles. The molecular weight excluding hydrogens is 408 g/mol. The number of Topliss-reactive ketones (excluding diaryl/α,β-unsaturated/α-hetero) is 1. The highest BCUT2D eigenvalue weighted by molar-refractivity contribution is 6.01. The van der Waals surface area contributed by atoms with Crippen LogP contribution in [0.5, 0.6) is 0 Å². The first-order valence-electron chi connectivity index (χ1n) is 10.6. The van der Waals surface area contributed by atoms with Crippen LogP contribution in [-0.2, 0) is 6.54 Å². The number of furan rings is 1. The minimum Gasteiger partial charge on any atom is -0.467 e. The van der Waals surface area contributed by atoms with Crippen LogP contribution in [0.15, 0.2) is 59.2 Å². The van der Waals surface area contributed by atoms with Gasteiger partial charge in [-0.3, -0.25) is 19.3 Å². The molecule has 1 aromatic carbocycles. The molecule has 0 radical (unpaired) electrons. The predicted octanol–water partition coefficient (Wildman–Crippen LogP) is 2.18. The van der Waals surface area contributed by atoms with Crippen LogP contribution in [0.1, 0.15) is 42.7 Å². The fourth-order valence-corrected chi connectivity index (χ4v) is 4.04. The smallest absolute Gasteiger partial charge is 0.253 e. The number of nitrogens with zero attached hydrogens (tertiary/aromatic N) is 3. The van der Waals surface area contributed by atoms with E-state index >= 15 is 0 Å². The maximum Gasteiger partial charge on any atom is 0.253 e. The van der Waals surface area contributed by atoms with Crippen molar-refractivity contribution in [1.82, 2.24) is 14.4 Å². The van der Waals surface area contributed by atoms with Crippen molar-refractivity contribution < 1.29 is 18.8 Å². The quantitative estimate of drug-likeness (QED) is 0.575. The molecule has 4 rings (SSSR count). The molecular formula is C24H26N4O4. The number of aromatic nitrogens is 1. The van der Waals surface area contributed by atoms with Crippen LogP contribution >= 0.6 is 0 Å². The average molecular weight is 434 g/mol. The molecule has 2 amide bonds. The maximum absolute atomic E-state index is 13.2.